The van der Waals surface area contributed by atoms with E-state index < -0.39 is 0 Å². The molecule has 0 saturated heterocycles. The number of ether oxygens (including phenoxy) is 1. The van der Waals surface area contributed by atoms with E-state index >= 15 is 0 Å². The summed E-state index contributed by atoms with van der Waals surface area (Å²) in [5.41, 5.74) is 0. The van der Waals surface area contributed by atoms with Crippen molar-refractivity contribution in [2.75, 3.05) is 12.9 Å². The molecular formula is C13H16O2S. The fourth-order valence-electron chi connectivity index (χ4n) is 1.22. The molecule has 1 aromatic carbocycles. The van der Waals surface area contributed by atoms with Crippen molar-refractivity contribution < 1.29 is 9.53 Å². The van der Waals surface area contributed by atoms with Crippen LogP contribution < -0.4 is 4.74 Å². The number of ketones is 1. The second-order valence-corrected chi connectivity index (χ2v) is 4.44. The molecule has 0 N–H and O–H groups in total. The Hall–Kier alpha value is -1.22. The number of hydrogen-bond acceptors (Lipinski definition) is 3. The summed E-state index contributed by atoms with van der Waals surface area (Å²) in [6.07, 6.45) is 4.41. The number of rotatable bonds is 6. The summed E-state index contributed by atoms with van der Waals surface area (Å²) in [4.78, 5) is 11.8. The van der Waals surface area contributed by atoms with Crippen LogP contribution in [0.25, 0.3) is 0 Å². The van der Waals surface area contributed by atoms with Gasteiger partial charge >= 0.3 is 0 Å². The van der Waals surface area contributed by atoms with Gasteiger partial charge in [-0.05, 0) is 31.6 Å². The Labute approximate surface area is 101 Å². The van der Waals surface area contributed by atoms with E-state index in [-0.39, 0.29) is 5.78 Å². The maximum absolute atomic E-state index is 10.7. The Morgan fingerprint density at radius 3 is 2.88 bits per heavy atom. The second kappa shape index (κ2) is 7.12. The minimum atomic E-state index is 0.0993. The van der Waals surface area contributed by atoms with Gasteiger partial charge in [-0.1, -0.05) is 18.2 Å². The minimum Gasteiger partial charge on any atom is -0.496 e. The van der Waals surface area contributed by atoms with E-state index in [2.05, 4.69) is 0 Å². The maximum atomic E-state index is 10.7. The summed E-state index contributed by atoms with van der Waals surface area (Å²) < 4.78 is 5.25. The number of allylic oxidation sites excluding steroid dienone is 2. The van der Waals surface area contributed by atoms with Crippen LogP contribution in [0.5, 0.6) is 5.75 Å². The highest BCUT2D eigenvalue weighted by molar-refractivity contribution is 7.99. The van der Waals surface area contributed by atoms with Crippen molar-refractivity contribution >= 4 is 17.5 Å². The Bertz CT molecular complexity index is 372. The van der Waals surface area contributed by atoms with Gasteiger partial charge < -0.3 is 4.74 Å². The zero-order chi connectivity index (χ0) is 11.8. The number of carbonyl (C=O) groups is 1. The fraction of sp³-hybridized carbons (Fsp3) is 0.308. The van der Waals surface area contributed by atoms with Crippen LogP contribution in [0.1, 0.15) is 13.3 Å². The molecule has 0 saturated carbocycles. The first-order chi connectivity index (χ1) is 7.74. The van der Waals surface area contributed by atoms with Crippen LogP contribution in [0, 0.1) is 0 Å². The number of benzene rings is 1. The standard InChI is InChI=1S/C13H16O2S/c1-11(14)7-5-6-10-16-13-9-4-3-8-12(13)15-2/h3-5,7-9H,6,10H2,1-2H3. The van der Waals surface area contributed by atoms with Gasteiger partial charge in [-0.15, -0.1) is 11.8 Å². The fourth-order valence-corrected chi connectivity index (χ4v) is 2.17. The number of para-hydroxylation sites is 1. The van der Waals surface area contributed by atoms with Gasteiger partial charge in [-0.3, -0.25) is 4.79 Å². The Morgan fingerprint density at radius 1 is 1.44 bits per heavy atom. The first-order valence-corrected chi connectivity index (χ1v) is 6.15. The second-order valence-electron chi connectivity index (χ2n) is 3.30. The van der Waals surface area contributed by atoms with Crippen molar-refractivity contribution in [1.29, 1.82) is 0 Å². The monoisotopic (exact) mass is 236 g/mol. The molecule has 0 spiro atoms. The van der Waals surface area contributed by atoms with Crippen LogP contribution in [0.15, 0.2) is 41.3 Å². The van der Waals surface area contributed by atoms with Crippen molar-refractivity contribution in [3.05, 3.63) is 36.4 Å². The average molecular weight is 236 g/mol. The molecule has 0 aromatic heterocycles. The van der Waals surface area contributed by atoms with E-state index in [0.29, 0.717) is 0 Å². The molecule has 3 heteroatoms. The van der Waals surface area contributed by atoms with E-state index in [1.807, 2.05) is 30.3 Å². The predicted molar refractivity (Wildman–Crippen MR) is 68.2 cm³/mol. The van der Waals surface area contributed by atoms with Crippen LogP contribution in [-0.2, 0) is 4.79 Å². The summed E-state index contributed by atoms with van der Waals surface area (Å²) in [7, 11) is 1.68. The molecule has 16 heavy (non-hydrogen) atoms. The number of carbonyl (C=O) groups excluding carboxylic acids is 1. The number of thioether (sulfide) groups is 1. The highest BCUT2D eigenvalue weighted by atomic mass is 32.2. The molecule has 1 rings (SSSR count). The van der Waals surface area contributed by atoms with Gasteiger partial charge in [0.05, 0.1) is 7.11 Å². The van der Waals surface area contributed by atoms with Gasteiger partial charge in [-0.25, -0.2) is 0 Å². The van der Waals surface area contributed by atoms with Gasteiger partial charge in [0.15, 0.2) is 5.78 Å². The molecule has 0 atom stereocenters. The molecule has 2 nitrogen and oxygen atoms in total. The van der Waals surface area contributed by atoms with Crippen molar-refractivity contribution in [2.24, 2.45) is 0 Å². The predicted octanol–water partition coefficient (Wildman–Crippen LogP) is 3.32. The lowest BCUT2D eigenvalue weighted by molar-refractivity contribution is -0.112. The topological polar surface area (TPSA) is 26.3 Å². The van der Waals surface area contributed by atoms with E-state index in [4.69, 9.17) is 4.74 Å². The summed E-state index contributed by atoms with van der Waals surface area (Å²) in [5, 5.41) is 0. The maximum Gasteiger partial charge on any atom is 0.152 e. The molecule has 0 aliphatic rings. The van der Waals surface area contributed by atoms with E-state index in [1.54, 1.807) is 31.9 Å². The molecule has 0 radical (unpaired) electrons. The van der Waals surface area contributed by atoms with Gasteiger partial charge in [0.25, 0.3) is 0 Å². The molecule has 0 unspecified atom stereocenters. The first-order valence-electron chi connectivity index (χ1n) is 5.17. The summed E-state index contributed by atoms with van der Waals surface area (Å²) in [6, 6.07) is 7.95. The first kappa shape index (κ1) is 12.8. The van der Waals surface area contributed by atoms with Crippen LogP contribution in [0.4, 0.5) is 0 Å². The molecule has 86 valence electrons. The third-order valence-corrected chi connectivity index (χ3v) is 3.05. The van der Waals surface area contributed by atoms with E-state index in [9.17, 15) is 4.79 Å². The van der Waals surface area contributed by atoms with Crippen molar-refractivity contribution in [3.63, 3.8) is 0 Å². The molecular weight excluding hydrogens is 220 g/mol. The normalized spacial score (nSPS) is 10.6. The Balaban J connectivity index is 2.40. The van der Waals surface area contributed by atoms with E-state index in [1.165, 1.54) is 0 Å². The molecule has 1 aromatic rings. The van der Waals surface area contributed by atoms with Gasteiger partial charge in [0.2, 0.25) is 0 Å². The molecule has 0 aliphatic carbocycles. The third kappa shape index (κ3) is 4.53. The van der Waals surface area contributed by atoms with E-state index in [0.717, 1.165) is 22.8 Å². The van der Waals surface area contributed by atoms with Gasteiger partial charge in [-0.2, -0.15) is 0 Å². The number of hydrogen-bond donors (Lipinski definition) is 0. The smallest absolute Gasteiger partial charge is 0.152 e. The molecule has 0 bridgehead atoms. The lowest BCUT2D eigenvalue weighted by atomic mass is 10.3. The summed E-state index contributed by atoms with van der Waals surface area (Å²) >= 11 is 1.74. The molecule has 0 fully saturated rings. The number of methoxy groups -OCH3 is 1. The Kier molecular flexibility index (Phi) is 5.72. The zero-order valence-electron chi connectivity index (χ0n) is 9.60. The van der Waals surface area contributed by atoms with Crippen LogP contribution in [-0.4, -0.2) is 18.6 Å². The lowest BCUT2D eigenvalue weighted by Crippen LogP contribution is -1.86. The van der Waals surface area contributed by atoms with Crippen molar-refractivity contribution in [2.45, 2.75) is 18.2 Å². The Morgan fingerprint density at radius 2 is 2.19 bits per heavy atom. The minimum absolute atomic E-state index is 0.0993. The summed E-state index contributed by atoms with van der Waals surface area (Å²) in [6.45, 7) is 1.56. The quantitative estimate of drug-likeness (QED) is 0.430. The van der Waals surface area contributed by atoms with Gasteiger partial charge in [0, 0.05) is 10.6 Å². The van der Waals surface area contributed by atoms with Crippen LogP contribution in [0.2, 0.25) is 0 Å². The summed E-state index contributed by atoms with van der Waals surface area (Å²) in [5.74, 6) is 1.95. The zero-order valence-corrected chi connectivity index (χ0v) is 10.4. The van der Waals surface area contributed by atoms with Crippen LogP contribution in [0.3, 0.4) is 0 Å². The SMILES string of the molecule is COc1ccccc1SCCC=CC(C)=O. The van der Waals surface area contributed by atoms with Crippen LogP contribution >= 0.6 is 11.8 Å². The average Bonchev–Trinajstić information content (AvgIpc) is 2.29. The third-order valence-electron chi connectivity index (χ3n) is 1.96. The molecule has 0 aliphatic heterocycles. The van der Waals surface area contributed by atoms with Crippen molar-refractivity contribution in [1.82, 2.24) is 0 Å². The molecule has 0 heterocycles. The highest BCUT2D eigenvalue weighted by Gasteiger charge is 2.00. The molecule has 0 amide bonds. The van der Waals surface area contributed by atoms with Crippen molar-refractivity contribution in [3.8, 4) is 5.75 Å². The highest BCUT2D eigenvalue weighted by Crippen LogP contribution is 2.28. The van der Waals surface area contributed by atoms with Gasteiger partial charge in [0.1, 0.15) is 5.75 Å². The largest absolute Gasteiger partial charge is 0.496 e. The lowest BCUT2D eigenvalue weighted by Gasteiger charge is -2.06.